The lowest BCUT2D eigenvalue weighted by molar-refractivity contribution is -0.144. The van der Waals surface area contributed by atoms with E-state index in [4.69, 9.17) is 4.74 Å². The number of carbonyl (C=O) groups excluding carboxylic acids is 6. The fourth-order valence-electron chi connectivity index (χ4n) is 7.11. The number of hydrogen-bond acceptors (Lipinski definition) is 8. The molecular formula is C40H53N5O9. The van der Waals surface area contributed by atoms with Crippen LogP contribution in [0.1, 0.15) is 95.2 Å². The predicted octanol–water partition coefficient (Wildman–Crippen LogP) is 3.61. The highest BCUT2D eigenvalue weighted by Gasteiger charge is 2.45. The summed E-state index contributed by atoms with van der Waals surface area (Å²) >= 11 is 0. The van der Waals surface area contributed by atoms with Gasteiger partial charge in [0, 0.05) is 12.5 Å². The van der Waals surface area contributed by atoms with Crippen molar-refractivity contribution in [2.24, 2.45) is 11.8 Å². The molecule has 5 atom stereocenters. The molecular weight excluding hydrogens is 694 g/mol. The van der Waals surface area contributed by atoms with Crippen LogP contribution in [0.5, 0.6) is 0 Å². The third-order valence-electron chi connectivity index (χ3n) is 9.89. The van der Waals surface area contributed by atoms with E-state index in [9.17, 15) is 38.7 Å². The van der Waals surface area contributed by atoms with Gasteiger partial charge in [0.2, 0.25) is 23.5 Å². The first-order valence-corrected chi connectivity index (χ1v) is 18.9. The van der Waals surface area contributed by atoms with Crippen molar-refractivity contribution in [3.8, 4) is 0 Å². The number of ketones is 1. The molecule has 54 heavy (non-hydrogen) atoms. The molecule has 14 nitrogen and oxygen atoms in total. The van der Waals surface area contributed by atoms with Gasteiger partial charge in [-0.15, -0.1) is 0 Å². The Morgan fingerprint density at radius 2 is 1.52 bits per heavy atom. The van der Waals surface area contributed by atoms with Gasteiger partial charge in [-0.2, -0.15) is 0 Å². The fourth-order valence-corrected chi connectivity index (χ4v) is 7.11. The molecule has 2 aliphatic rings. The Morgan fingerprint density at radius 1 is 0.870 bits per heavy atom. The molecule has 1 saturated carbocycles. The van der Waals surface area contributed by atoms with Crippen LogP contribution in [0.4, 0.5) is 4.79 Å². The van der Waals surface area contributed by atoms with E-state index in [0.29, 0.717) is 12.0 Å². The molecule has 1 unspecified atom stereocenters. The third kappa shape index (κ3) is 11.6. The molecule has 1 aliphatic carbocycles. The summed E-state index contributed by atoms with van der Waals surface area (Å²) in [6.45, 7) is 5.32. The van der Waals surface area contributed by atoms with Gasteiger partial charge in [0.25, 0.3) is 5.91 Å². The third-order valence-corrected chi connectivity index (χ3v) is 9.89. The van der Waals surface area contributed by atoms with E-state index in [1.54, 1.807) is 25.1 Å². The van der Waals surface area contributed by atoms with E-state index in [-0.39, 0.29) is 43.7 Å². The first-order chi connectivity index (χ1) is 25.9. The van der Waals surface area contributed by atoms with Crippen molar-refractivity contribution in [1.29, 1.82) is 0 Å². The summed E-state index contributed by atoms with van der Waals surface area (Å²) in [6, 6.07) is 13.0. The Bertz CT molecular complexity index is 1610. The zero-order valence-electron chi connectivity index (χ0n) is 31.3. The van der Waals surface area contributed by atoms with Gasteiger partial charge in [0.05, 0.1) is 19.2 Å². The van der Waals surface area contributed by atoms with Crippen LogP contribution < -0.4 is 21.3 Å². The van der Waals surface area contributed by atoms with E-state index in [1.165, 1.54) is 17.0 Å². The minimum atomic E-state index is -1.37. The van der Waals surface area contributed by atoms with Crippen molar-refractivity contribution in [1.82, 2.24) is 26.2 Å². The largest absolute Gasteiger partial charge is 0.479 e. The van der Waals surface area contributed by atoms with Gasteiger partial charge in [-0.25, -0.2) is 9.59 Å². The van der Waals surface area contributed by atoms with Gasteiger partial charge in [0.1, 0.15) is 12.1 Å². The molecule has 0 radical (unpaired) electrons. The number of nitrogens with zero attached hydrogens (tertiary/aromatic N) is 1. The predicted molar refractivity (Wildman–Crippen MR) is 199 cm³/mol. The zero-order valence-corrected chi connectivity index (χ0v) is 31.3. The van der Waals surface area contributed by atoms with Gasteiger partial charge < -0.3 is 36.0 Å². The molecule has 4 rings (SSSR count). The number of benzene rings is 2. The lowest BCUT2D eigenvalue weighted by Gasteiger charge is -2.34. The first kappa shape index (κ1) is 41.5. The summed E-state index contributed by atoms with van der Waals surface area (Å²) in [5.41, 5.74) is 1.26. The van der Waals surface area contributed by atoms with Crippen molar-refractivity contribution in [3.05, 3.63) is 71.8 Å². The normalized spacial score (nSPS) is 18.9. The van der Waals surface area contributed by atoms with E-state index in [0.717, 1.165) is 37.7 Å². The monoisotopic (exact) mass is 747 g/mol. The Labute approximate surface area is 316 Å². The van der Waals surface area contributed by atoms with Gasteiger partial charge in [0.15, 0.2) is 6.04 Å². The maximum absolute atomic E-state index is 14.5. The molecule has 14 heteroatoms. The van der Waals surface area contributed by atoms with E-state index in [1.807, 2.05) is 44.2 Å². The van der Waals surface area contributed by atoms with E-state index in [2.05, 4.69) is 21.3 Å². The Morgan fingerprint density at radius 3 is 2.13 bits per heavy atom. The summed E-state index contributed by atoms with van der Waals surface area (Å²) in [7, 11) is 0. The molecule has 1 saturated heterocycles. The lowest BCUT2D eigenvalue weighted by atomic mass is 9.83. The Kier molecular flexibility index (Phi) is 15.6. The quantitative estimate of drug-likeness (QED) is 0.150. The topological polar surface area (TPSA) is 200 Å². The van der Waals surface area contributed by atoms with E-state index < -0.39 is 72.2 Å². The number of carbonyl (C=O) groups is 7. The van der Waals surface area contributed by atoms with Crippen LogP contribution in [-0.4, -0.2) is 89.3 Å². The second-order valence-electron chi connectivity index (χ2n) is 14.5. The number of ether oxygens (including phenoxy) is 1. The SMILES string of the molecule is CCCC(NC(=O)[C@@H]1C[C@@H](c2ccccc2)CN1C(=O)[C@@H](NC(=O)OCC(C)C)C1CCCCC1)C(=O)C(=O)NCC(=O)N[C@H](C(=O)O)c1ccccc1. The van der Waals surface area contributed by atoms with Crippen molar-refractivity contribution in [3.63, 3.8) is 0 Å². The van der Waals surface area contributed by atoms with Crippen LogP contribution in [0, 0.1) is 11.8 Å². The molecule has 1 aliphatic heterocycles. The van der Waals surface area contributed by atoms with Crippen LogP contribution in [0.15, 0.2) is 60.7 Å². The number of aliphatic carboxylic acids is 1. The highest BCUT2D eigenvalue weighted by molar-refractivity contribution is 6.38. The van der Waals surface area contributed by atoms with E-state index >= 15 is 0 Å². The molecule has 0 aromatic heterocycles. The maximum atomic E-state index is 14.5. The minimum absolute atomic E-state index is 0.0971. The van der Waals surface area contributed by atoms with Gasteiger partial charge in [-0.1, -0.05) is 107 Å². The molecule has 5 N–H and O–H groups in total. The number of amides is 5. The zero-order chi connectivity index (χ0) is 39.2. The first-order valence-electron chi connectivity index (χ1n) is 18.9. The van der Waals surface area contributed by atoms with Crippen LogP contribution in [-0.2, 0) is 33.5 Å². The molecule has 2 fully saturated rings. The van der Waals surface area contributed by atoms with Crippen molar-refractivity contribution in [2.45, 2.75) is 102 Å². The Balaban J connectivity index is 1.49. The van der Waals surface area contributed by atoms with Crippen molar-refractivity contribution < 1.29 is 43.4 Å². The highest BCUT2D eigenvalue weighted by Crippen LogP contribution is 2.35. The molecule has 292 valence electrons. The van der Waals surface area contributed by atoms with Crippen LogP contribution in [0.2, 0.25) is 0 Å². The summed E-state index contributed by atoms with van der Waals surface area (Å²) in [5.74, 6) is -5.52. The average Bonchev–Trinajstić information content (AvgIpc) is 3.63. The number of alkyl carbamates (subject to hydrolysis) is 1. The fraction of sp³-hybridized carbons (Fsp3) is 0.525. The summed E-state index contributed by atoms with van der Waals surface area (Å²) in [4.78, 5) is 93.8. The molecule has 1 heterocycles. The highest BCUT2D eigenvalue weighted by atomic mass is 16.5. The number of hydrogen-bond donors (Lipinski definition) is 5. The van der Waals surface area contributed by atoms with Crippen LogP contribution in [0.3, 0.4) is 0 Å². The van der Waals surface area contributed by atoms with Gasteiger partial charge in [-0.05, 0) is 48.6 Å². The molecule has 0 spiro atoms. The Hall–Kier alpha value is -5.27. The van der Waals surface area contributed by atoms with Gasteiger partial charge >= 0.3 is 12.1 Å². The number of carboxylic acids is 1. The minimum Gasteiger partial charge on any atom is -0.479 e. The summed E-state index contributed by atoms with van der Waals surface area (Å²) in [5, 5.41) is 19.7. The van der Waals surface area contributed by atoms with Crippen molar-refractivity contribution >= 4 is 41.5 Å². The smallest absolute Gasteiger partial charge is 0.407 e. The number of carboxylic acid groups (broad SMARTS) is 1. The van der Waals surface area contributed by atoms with Crippen molar-refractivity contribution in [2.75, 3.05) is 19.7 Å². The maximum Gasteiger partial charge on any atom is 0.407 e. The van der Waals surface area contributed by atoms with Crippen LogP contribution >= 0.6 is 0 Å². The summed E-state index contributed by atoms with van der Waals surface area (Å²) in [6.07, 6.45) is 4.40. The average molecular weight is 748 g/mol. The number of likely N-dealkylation sites (tertiary alicyclic amines) is 1. The summed E-state index contributed by atoms with van der Waals surface area (Å²) < 4.78 is 5.39. The van der Waals surface area contributed by atoms with Gasteiger partial charge in [-0.3, -0.25) is 24.0 Å². The second-order valence-corrected chi connectivity index (χ2v) is 14.5. The molecule has 5 amide bonds. The second kappa shape index (κ2) is 20.3. The van der Waals surface area contributed by atoms with Crippen LogP contribution in [0.25, 0.3) is 0 Å². The molecule has 0 bridgehead atoms. The standard InChI is InChI=1S/C40H53N5O9/c1-4-14-30(35(47)37(49)41-22-32(46)43-34(39(51)52)28-19-12-7-13-20-28)42-36(48)31-21-29(26-15-8-5-9-16-26)23-45(31)38(50)33(27-17-10-6-11-18-27)44-40(53)54-24-25(2)3/h5,7-9,12-13,15-16,19-20,25,27,29-31,33-34H,4,6,10-11,14,17-18,21-24H2,1-3H3,(H,41,49)(H,42,48)(H,43,46)(H,44,53)(H,51,52)/t29-,30?,31+,33+,34+/m1/s1. The number of rotatable bonds is 17. The lowest BCUT2D eigenvalue weighted by Crippen LogP contribution is -2.58. The molecule has 2 aromatic carbocycles. The molecule has 2 aromatic rings. The number of Topliss-reactive ketones (excluding diaryl/α,β-unsaturated/α-hetero) is 1. The number of nitrogens with one attached hydrogen (secondary N) is 4.